The molecular formula is C15H16N2O4. The van der Waals surface area contributed by atoms with E-state index >= 15 is 0 Å². The number of carbonyl (C=O) groups excluding carboxylic acids is 1. The molecule has 110 valence electrons. The number of hydrogen-bond donors (Lipinski definition) is 2. The zero-order chi connectivity index (χ0) is 15.2. The van der Waals surface area contributed by atoms with E-state index in [0.717, 1.165) is 5.56 Å². The lowest BCUT2D eigenvalue weighted by molar-refractivity contribution is -0.139. The zero-order valence-electron chi connectivity index (χ0n) is 11.6. The number of rotatable bonds is 6. The van der Waals surface area contributed by atoms with Crippen LogP contribution in [-0.4, -0.2) is 28.2 Å². The van der Waals surface area contributed by atoms with Gasteiger partial charge in [-0.05, 0) is 25.3 Å². The average molecular weight is 288 g/mol. The molecule has 0 radical (unpaired) electrons. The van der Waals surface area contributed by atoms with Crippen LogP contribution in [0.4, 0.5) is 0 Å². The van der Waals surface area contributed by atoms with Gasteiger partial charge in [0.1, 0.15) is 11.8 Å². The van der Waals surface area contributed by atoms with Crippen molar-refractivity contribution in [1.82, 2.24) is 10.5 Å². The summed E-state index contributed by atoms with van der Waals surface area (Å²) in [7, 11) is 0. The molecule has 0 saturated carbocycles. The Morgan fingerprint density at radius 1 is 1.33 bits per heavy atom. The van der Waals surface area contributed by atoms with Gasteiger partial charge < -0.3 is 14.9 Å². The van der Waals surface area contributed by atoms with E-state index in [1.807, 2.05) is 30.3 Å². The summed E-state index contributed by atoms with van der Waals surface area (Å²) in [6, 6.07) is 10.0. The van der Waals surface area contributed by atoms with Crippen LogP contribution in [0.1, 0.15) is 28.2 Å². The normalized spacial score (nSPS) is 11.9. The van der Waals surface area contributed by atoms with Crippen molar-refractivity contribution in [2.75, 3.05) is 0 Å². The molecule has 0 aliphatic rings. The van der Waals surface area contributed by atoms with Crippen LogP contribution < -0.4 is 5.32 Å². The van der Waals surface area contributed by atoms with Gasteiger partial charge in [0, 0.05) is 6.07 Å². The minimum absolute atomic E-state index is 0.0819. The van der Waals surface area contributed by atoms with E-state index in [-0.39, 0.29) is 5.69 Å². The molecule has 0 aliphatic heterocycles. The number of aliphatic carboxylic acids is 1. The fourth-order valence-corrected chi connectivity index (χ4v) is 1.92. The predicted octanol–water partition coefficient (Wildman–Crippen LogP) is 1.80. The largest absolute Gasteiger partial charge is 0.480 e. The Hall–Kier alpha value is -2.63. The first-order valence-corrected chi connectivity index (χ1v) is 6.57. The second kappa shape index (κ2) is 6.69. The summed E-state index contributed by atoms with van der Waals surface area (Å²) < 4.78 is 4.80. The number of nitrogens with one attached hydrogen (secondary N) is 1. The lowest BCUT2D eigenvalue weighted by Crippen LogP contribution is -2.41. The quantitative estimate of drug-likeness (QED) is 0.845. The van der Waals surface area contributed by atoms with Crippen LogP contribution in [-0.2, 0) is 11.2 Å². The van der Waals surface area contributed by atoms with Gasteiger partial charge in [-0.2, -0.15) is 0 Å². The summed E-state index contributed by atoms with van der Waals surface area (Å²) in [6.45, 7) is 1.66. The van der Waals surface area contributed by atoms with Gasteiger partial charge >= 0.3 is 5.97 Å². The third-order valence-corrected chi connectivity index (χ3v) is 3.03. The molecule has 0 spiro atoms. The maximum absolute atomic E-state index is 11.9. The first-order chi connectivity index (χ1) is 10.1. The number of hydrogen-bond acceptors (Lipinski definition) is 4. The Bertz CT molecular complexity index is 622. The highest BCUT2D eigenvalue weighted by molar-refractivity contribution is 5.94. The van der Waals surface area contributed by atoms with E-state index in [2.05, 4.69) is 10.5 Å². The van der Waals surface area contributed by atoms with E-state index in [0.29, 0.717) is 18.6 Å². The van der Waals surface area contributed by atoms with Gasteiger partial charge in [-0.25, -0.2) is 4.79 Å². The molecule has 2 aromatic rings. The minimum Gasteiger partial charge on any atom is -0.480 e. The van der Waals surface area contributed by atoms with Crippen molar-refractivity contribution in [3.05, 3.63) is 53.4 Å². The van der Waals surface area contributed by atoms with Crippen LogP contribution >= 0.6 is 0 Å². The van der Waals surface area contributed by atoms with E-state index in [1.54, 1.807) is 6.92 Å². The summed E-state index contributed by atoms with van der Waals surface area (Å²) in [5, 5.41) is 15.2. The standard InChI is InChI=1S/C15H16N2O4/c1-10-9-13(17-21-10)14(18)16-12(15(19)20)8-7-11-5-3-2-4-6-11/h2-6,9,12H,7-8H2,1H3,(H,16,18)(H,19,20)/t12-/m0/s1. The second-order valence-electron chi connectivity index (χ2n) is 4.71. The number of aromatic nitrogens is 1. The van der Waals surface area contributed by atoms with Gasteiger partial charge in [0.05, 0.1) is 0 Å². The van der Waals surface area contributed by atoms with E-state index in [9.17, 15) is 14.7 Å². The van der Waals surface area contributed by atoms with Crippen LogP contribution in [0.5, 0.6) is 0 Å². The molecule has 0 unspecified atom stereocenters. The molecule has 1 heterocycles. The van der Waals surface area contributed by atoms with Gasteiger partial charge in [0.2, 0.25) is 0 Å². The number of nitrogens with zero attached hydrogens (tertiary/aromatic N) is 1. The van der Waals surface area contributed by atoms with Gasteiger partial charge in [-0.15, -0.1) is 0 Å². The minimum atomic E-state index is -1.07. The Balaban J connectivity index is 1.96. The number of amides is 1. The fraction of sp³-hybridized carbons (Fsp3) is 0.267. The highest BCUT2D eigenvalue weighted by Gasteiger charge is 2.22. The highest BCUT2D eigenvalue weighted by atomic mass is 16.5. The summed E-state index contributed by atoms with van der Waals surface area (Å²) >= 11 is 0. The summed E-state index contributed by atoms with van der Waals surface area (Å²) in [6.07, 6.45) is 0.873. The molecule has 0 bridgehead atoms. The highest BCUT2D eigenvalue weighted by Crippen LogP contribution is 2.07. The number of carbonyl (C=O) groups is 2. The van der Waals surface area contributed by atoms with Crippen molar-refractivity contribution in [1.29, 1.82) is 0 Å². The molecule has 6 nitrogen and oxygen atoms in total. The molecule has 0 saturated heterocycles. The number of carboxylic acids is 1. The van der Waals surface area contributed by atoms with Crippen LogP contribution in [0.15, 0.2) is 40.9 Å². The Labute approximate surface area is 121 Å². The van der Waals surface area contributed by atoms with Crippen molar-refractivity contribution in [2.45, 2.75) is 25.8 Å². The van der Waals surface area contributed by atoms with Crippen molar-refractivity contribution in [3.63, 3.8) is 0 Å². The third-order valence-electron chi connectivity index (χ3n) is 3.03. The average Bonchev–Trinajstić information content (AvgIpc) is 2.90. The SMILES string of the molecule is Cc1cc(C(=O)N[C@@H](CCc2ccccc2)C(=O)O)no1. The molecule has 1 aromatic heterocycles. The summed E-state index contributed by atoms with van der Waals surface area (Å²) in [4.78, 5) is 23.1. The van der Waals surface area contributed by atoms with Crippen molar-refractivity contribution in [3.8, 4) is 0 Å². The van der Waals surface area contributed by atoms with E-state index in [4.69, 9.17) is 4.52 Å². The number of benzene rings is 1. The van der Waals surface area contributed by atoms with Crippen molar-refractivity contribution < 1.29 is 19.2 Å². The molecule has 21 heavy (non-hydrogen) atoms. The monoisotopic (exact) mass is 288 g/mol. The van der Waals surface area contributed by atoms with Crippen molar-refractivity contribution >= 4 is 11.9 Å². The van der Waals surface area contributed by atoms with E-state index in [1.165, 1.54) is 6.07 Å². The smallest absolute Gasteiger partial charge is 0.326 e. The predicted molar refractivity (Wildman–Crippen MR) is 74.9 cm³/mol. The lowest BCUT2D eigenvalue weighted by atomic mass is 10.1. The Morgan fingerprint density at radius 2 is 2.05 bits per heavy atom. The molecule has 0 aliphatic carbocycles. The van der Waals surface area contributed by atoms with Crippen molar-refractivity contribution in [2.24, 2.45) is 0 Å². The topological polar surface area (TPSA) is 92.4 Å². The van der Waals surface area contributed by atoms with Gasteiger partial charge in [0.25, 0.3) is 5.91 Å². The van der Waals surface area contributed by atoms with Gasteiger partial charge in [0.15, 0.2) is 5.69 Å². The molecule has 1 aromatic carbocycles. The lowest BCUT2D eigenvalue weighted by Gasteiger charge is -2.13. The summed E-state index contributed by atoms with van der Waals surface area (Å²) in [5.41, 5.74) is 1.11. The van der Waals surface area contributed by atoms with Gasteiger partial charge in [-0.3, -0.25) is 4.79 Å². The first kappa shape index (κ1) is 14.8. The van der Waals surface area contributed by atoms with Crippen LogP contribution in [0, 0.1) is 6.92 Å². The molecule has 2 N–H and O–H groups in total. The molecule has 1 amide bonds. The van der Waals surface area contributed by atoms with Crippen LogP contribution in [0.3, 0.4) is 0 Å². The maximum Gasteiger partial charge on any atom is 0.326 e. The van der Waals surface area contributed by atoms with Crippen LogP contribution in [0.2, 0.25) is 0 Å². The molecule has 6 heteroatoms. The Kier molecular flexibility index (Phi) is 4.71. The summed E-state index contributed by atoms with van der Waals surface area (Å²) in [5.74, 6) is -1.12. The third kappa shape index (κ3) is 4.17. The molecule has 2 rings (SSSR count). The fourth-order valence-electron chi connectivity index (χ4n) is 1.92. The number of aryl methyl sites for hydroxylation is 2. The van der Waals surface area contributed by atoms with E-state index < -0.39 is 17.9 Å². The molecule has 0 fully saturated rings. The number of carboxylic acid groups (broad SMARTS) is 1. The van der Waals surface area contributed by atoms with Crippen LogP contribution in [0.25, 0.3) is 0 Å². The maximum atomic E-state index is 11.9. The first-order valence-electron chi connectivity index (χ1n) is 6.57. The second-order valence-corrected chi connectivity index (χ2v) is 4.71. The zero-order valence-corrected chi connectivity index (χ0v) is 11.6. The molecule has 1 atom stereocenters. The van der Waals surface area contributed by atoms with Gasteiger partial charge in [-0.1, -0.05) is 35.5 Å². The molecular weight excluding hydrogens is 272 g/mol. The Morgan fingerprint density at radius 3 is 2.62 bits per heavy atom.